The fourth-order valence-corrected chi connectivity index (χ4v) is 4.20. The van der Waals surface area contributed by atoms with Gasteiger partial charge in [-0.15, -0.1) is 0 Å². The predicted octanol–water partition coefficient (Wildman–Crippen LogP) is 6.02. The predicted molar refractivity (Wildman–Crippen MR) is 118 cm³/mol. The normalized spacial score (nSPS) is 18.0. The molecule has 1 fully saturated rings. The first-order chi connectivity index (χ1) is 14.6. The number of carbonyl (C=O) groups is 1. The first kappa shape index (κ1) is 20.5. The van der Waals surface area contributed by atoms with Crippen molar-refractivity contribution in [3.8, 4) is 11.5 Å². The van der Waals surface area contributed by atoms with Crippen LogP contribution in [-0.2, 0) is 4.79 Å². The largest absolute Gasteiger partial charge is 0.481 e. The molecule has 0 aliphatic carbocycles. The van der Waals surface area contributed by atoms with E-state index in [0.29, 0.717) is 11.6 Å². The fourth-order valence-electron chi connectivity index (χ4n) is 4.07. The van der Waals surface area contributed by atoms with Crippen LogP contribution in [0.25, 0.3) is 0 Å². The van der Waals surface area contributed by atoms with E-state index in [4.69, 9.17) is 16.3 Å². The molecule has 3 aromatic carbocycles. The highest BCUT2D eigenvalue weighted by Gasteiger charge is 2.31. The van der Waals surface area contributed by atoms with Crippen LogP contribution in [0.15, 0.2) is 78.9 Å². The van der Waals surface area contributed by atoms with E-state index in [2.05, 4.69) is 11.0 Å². The minimum Gasteiger partial charge on any atom is -0.481 e. The molecule has 1 aliphatic heterocycles. The van der Waals surface area contributed by atoms with Crippen LogP contribution in [0, 0.1) is 5.92 Å². The highest BCUT2D eigenvalue weighted by atomic mass is 35.5. The summed E-state index contributed by atoms with van der Waals surface area (Å²) < 4.78 is 6.04. The average Bonchev–Trinajstić information content (AvgIpc) is 2.77. The topological polar surface area (TPSA) is 49.8 Å². The number of hydrogen-bond donors (Lipinski definition) is 1. The van der Waals surface area contributed by atoms with Crippen LogP contribution < -0.4 is 4.74 Å². The maximum absolute atomic E-state index is 11.6. The van der Waals surface area contributed by atoms with E-state index >= 15 is 0 Å². The van der Waals surface area contributed by atoms with Crippen LogP contribution in [0.2, 0.25) is 5.02 Å². The van der Waals surface area contributed by atoms with E-state index < -0.39 is 5.97 Å². The molecule has 1 heterocycles. The van der Waals surface area contributed by atoms with Gasteiger partial charge in [-0.05, 0) is 66.9 Å². The molecule has 0 amide bonds. The van der Waals surface area contributed by atoms with Gasteiger partial charge in [0.2, 0.25) is 0 Å². The first-order valence-electron chi connectivity index (χ1n) is 10.2. The lowest BCUT2D eigenvalue weighted by molar-refractivity contribution is -0.143. The number of likely N-dealkylation sites (tertiary alicyclic amines) is 1. The minimum absolute atomic E-state index is 0.0660. The second-order valence-corrected chi connectivity index (χ2v) is 8.05. The molecule has 0 saturated carbocycles. The third-order valence-electron chi connectivity index (χ3n) is 5.51. The Labute approximate surface area is 181 Å². The van der Waals surface area contributed by atoms with Crippen molar-refractivity contribution >= 4 is 17.6 Å². The smallest absolute Gasteiger partial charge is 0.307 e. The summed E-state index contributed by atoms with van der Waals surface area (Å²) in [6, 6.07) is 25.4. The molecule has 2 unspecified atom stereocenters. The van der Waals surface area contributed by atoms with Gasteiger partial charge in [-0.2, -0.15) is 0 Å². The van der Waals surface area contributed by atoms with Gasteiger partial charge >= 0.3 is 5.97 Å². The molecule has 2 atom stereocenters. The minimum atomic E-state index is -0.726. The van der Waals surface area contributed by atoms with E-state index in [1.54, 1.807) is 0 Å². The molecule has 0 radical (unpaired) electrons. The Balaban J connectivity index is 1.68. The summed E-state index contributed by atoms with van der Waals surface area (Å²) in [6.45, 7) is 1.37. The number of benzene rings is 3. The van der Waals surface area contributed by atoms with Crippen LogP contribution in [0.4, 0.5) is 0 Å². The lowest BCUT2D eigenvalue weighted by Gasteiger charge is -2.37. The molecular formula is C25H24ClNO3. The molecule has 3 aromatic rings. The Bertz CT molecular complexity index is 991. The molecule has 0 spiro atoms. The van der Waals surface area contributed by atoms with Gasteiger partial charge in [0.25, 0.3) is 0 Å². The number of rotatable bonds is 6. The SMILES string of the molecule is O=C(O)C1CCCN(C(c2ccc(Cl)cc2)c2cccc(Oc3ccccc3)c2)C1. The molecule has 1 aliphatic rings. The Morgan fingerprint density at radius 3 is 2.43 bits per heavy atom. The van der Waals surface area contributed by atoms with Crippen molar-refractivity contribution in [1.82, 2.24) is 4.90 Å². The van der Waals surface area contributed by atoms with Gasteiger partial charge in [0.05, 0.1) is 12.0 Å². The van der Waals surface area contributed by atoms with Crippen molar-refractivity contribution in [2.75, 3.05) is 13.1 Å². The van der Waals surface area contributed by atoms with Crippen molar-refractivity contribution in [1.29, 1.82) is 0 Å². The lowest BCUT2D eigenvalue weighted by atomic mass is 9.91. The number of halogens is 1. The van der Waals surface area contributed by atoms with Crippen molar-refractivity contribution < 1.29 is 14.6 Å². The second kappa shape index (κ2) is 9.33. The maximum Gasteiger partial charge on any atom is 0.307 e. The van der Waals surface area contributed by atoms with Crippen LogP contribution in [0.5, 0.6) is 11.5 Å². The third-order valence-corrected chi connectivity index (χ3v) is 5.76. The first-order valence-corrected chi connectivity index (χ1v) is 10.5. The summed E-state index contributed by atoms with van der Waals surface area (Å²) in [4.78, 5) is 13.9. The van der Waals surface area contributed by atoms with Gasteiger partial charge in [-0.1, -0.05) is 54.1 Å². The number of piperidine rings is 1. The van der Waals surface area contributed by atoms with E-state index in [1.807, 2.05) is 72.8 Å². The van der Waals surface area contributed by atoms with Gasteiger partial charge < -0.3 is 9.84 Å². The number of carboxylic acids is 1. The van der Waals surface area contributed by atoms with Crippen molar-refractivity contribution in [3.05, 3.63) is 95.0 Å². The number of ether oxygens (including phenoxy) is 1. The molecule has 0 bridgehead atoms. The Morgan fingerprint density at radius 1 is 0.967 bits per heavy atom. The summed E-state index contributed by atoms with van der Waals surface area (Å²) in [7, 11) is 0. The Kier molecular flexibility index (Phi) is 6.36. The number of carboxylic acid groups (broad SMARTS) is 1. The number of aliphatic carboxylic acids is 1. The van der Waals surface area contributed by atoms with E-state index in [1.165, 1.54) is 0 Å². The summed E-state index contributed by atoms with van der Waals surface area (Å²) >= 11 is 6.12. The zero-order chi connectivity index (χ0) is 20.9. The maximum atomic E-state index is 11.6. The van der Waals surface area contributed by atoms with Crippen LogP contribution in [0.3, 0.4) is 0 Å². The number of hydrogen-bond acceptors (Lipinski definition) is 3. The highest BCUT2D eigenvalue weighted by molar-refractivity contribution is 6.30. The number of nitrogens with zero attached hydrogens (tertiary/aromatic N) is 1. The summed E-state index contributed by atoms with van der Waals surface area (Å²) in [5.74, 6) is 0.457. The molecule has 1 saturated heterocycles. The van der Waals surface area contributed by atoms with Gasteiger partial charge in [-0.3, -0.25) is 9.69 Å². The second-order valence-electron chi connectivity index (χ2n) is 7.61. The molecule has 4 nitrogen and oxygen atoms in total. The fraction of sp³-hybridized carbons (Fsp3) is 0.240. The molecule has 30 heavy (non-hydrogen) atoms. The van der Waals surface area contributed by atoms with Crippen molar-refractivity contribution in [2.24, 2.45) is 5.92 Å². The van der Waals surface area contributed by atoms with Gasteiger partial charge in [-0.25, -0.2) is 0 Å². The third kappa shape index (κ3) is 4.84. The molecule has 5 heteroatoms. The summed E-state index contributed by atoms with van der Waals surface area (Å²) in [5.41, 5.74) is 2.15. The molecular weight excluding hydrogens is 398 g/mol. The van der Waals surface area contributed by atoms with E-state index in [0.717, 1.165) is 42.0 Å². The van der Waals surface area contributed by atoms with Gasteiger partial charge in [0, 0.05) is 11.6 Å². The summed E-state index contributed by atoms with van der Waals surface area (Å²) in [6.07, 6.45) is 1.58. The van der Waals surface area contributed by atoms with Crippen LogP contribution in [0.1, 0.15) is 30.0 Å². The molecule has 4 rings (SSSR count). The van der Waals surface area contributed by atoms with E-state index in [9.17, 15) is 9.90 Å². The van der Waals surface area contributed by atoms with E-state index in [-0.39, 0.29) is 12.0 Å². The van der Waals surface area contributed by atoms with Crippen molar-refractivity contribution in [2.45, 2.75) is 18.9 Å². The van der Waals surface area contributed by atoms with Crippen LogP contribution in [-0.4, -0.2) is 29.1 Å². The molecule has 154 valence electrons. The standard InChI is InChI=1S/C25H24ClNO3/c26-21-13-11-18(12-14-21)24(27-15-5-7-20(17-27)25(28)29)19-6-4-10-23(16-19)30-22-8-2-1-3-9-22/h1-4,6,8-14,16,20,24H,5,7,15,17H2,(H,28,29). The highest BCUT2D eigenvalue weighted by Crippen LogP contribution is 2.35. The Hall–Kier alpha value is -2.82. The van der Waals surface area contributed by atoms with Crippen molar-refractivity contribution in [3.63, 3.8) is 0 Å². The average molecular weight is 422 g/mol. The van der Waals surface area contributed by atoms with Crippen LogP contribution >= 0.6 is 11.6 Å². The Morgan fingerprint density at radius 2 is 1.70 bits per heavy atom. The van der Waals surface area contributed by atoms with Gasteiger partial charge in [0.15, 0.2) is 0 Å². The number of para-hydroxylation sites is 1. The molecule has 1 N–H and O–H groups in total. The zero-order valence-electron chi connectivity index (χ0n) is 16.6. The molecule has 0 aromatic heterocycles. The summed E-state index contributed by atoms with van der Waals surface area (Å²) in [5, 5.41) is 10.2. The zero-order valence-corrected chi connectivity index (χ0v) is 17.3. The quantitative estimate of drug-likeness (QED) is 0.528. The monoisotopic (exact) mass is 421 g/mol. The lowest BCUT2D eigenvalue weighted by Crippen LogP contribution is -2.41. The van der Waals surface area contributed by atoms with Gasteiger partial charge in [0.1, 0.15) is 11.5 Å².